The normalized spacial score (nSPS) is 19.3. The summed E-state index contributed by atoms with van der Waals surface area (Å²) < 4.78 is 133. The fourth-order valence-corrected chi connectivity index (χ4v) is 9.24. The smallest absolute Gasteiger partial charge is 0.497 e. The molecule has 1 amide bonds. The Hall–Kier alpha value is -5.98. The molecule has 0 saturated carbocycles. The van der Waals surface area contributed by atoms with Gasteiger partial charge in [-0.2, -0.15) is 23.1 Å². The molecule has 5 heterocycles. The molecule has 4 atom stereocenters. The second-order valence-corrected chi connectivity index (χ2v) is 17.3. The lowest BCUT2D eigenvalue weighted by atomic mass is 9.94. The van der Waals surface area contributed by atoms with Gasteiger partial charge in [0, 0.05) is 23.8 Å². The lowest BCUT2D eigenvalue weighted by Gasteiger charge is -2.48. The van der Waals surface area contributed by atoms with Crippen LogP contribution in [0.3, 0.4) is 0 Å². The minimum Gasteiger partial charge on any atom is -0.497 e. The molecular weight excluding hydrogens is 855 g/mol. The second kappa shape index (κ2) is 16.3. The summed E-state index contributed by atoms with van der Waals surface area (Å²) >= 11 is -0.180. The van der Waals surface area contributed by atoms with Crippen molar-refractivity contribution in [3.8, 4) is 28.6 Å². The molecule has 332 valence electrons. The van der Waals surface area contributed by atoms with E-state index in [9.17, 15) is 9.00 Å². The molecule has 0 unspecified atom stereocenters. The molecule has 12 nitrogen and oxygen atoms in total. The summed E-state index contributed by atoms with van der Waals surface area (Å²) in [5.74, 6) is -4.23. The molecule has 0 spiro atoms. The zero-order valence-electron chi connectivity index (χ0n) is 35.3. The number of nitrogens with zero attached hydrogens (tertiary/aromatic N) is 6. The Morgan fingerprint density at radius 1 is 0.889 bits per heavy atom. The van der Waals surface area contributed by atoms with Gasteiger partial charge in [0.25, 0.3) is 0 Å². The molecule has 8 rings (SSSR count). The predicted molar refractivity (Wildman–Crippen MR) is 221 cm³/mol. The van der Waals surface area contributed by atoms with Crippen LogP contribution >= 0.6 is 0 Å². The van der Waals surface area contributed by atoms with Gasteiger partial charge in [-0.15, -0.1) is 0 Å². The van der Waals surface area contributed by atoms with Crippen LogP contribution in [0.5, 0.6) is 17.4 Å². The van der Waals surface area contributed by atoms with E-state index in [1.54, 1.807) is 86.0 Å². The number of aromatic nitrogens is 3. The number of halogens is 6. The van der Waals surface area contributed by atoms with Crippen LogP contribution in [0.4, 0.5) is 42.6 Å². The summed E-state index contributed by atoms with van der Waals surface area (Å²) in [7, 11) is 2.93. The number of rotatable bonds is 9. The van der Waals surface area contributed by atoms with Crippen LogP contribution in [0.25, 0.3) is 22.2 Å². The van der Waals surface area contributed by atoms with Crippen LogP contribution in [0.1, 0.15) is 62.8 Å². The van der Waals surface area contributed by atoms with Crippen molar-refractivity contribution in [1.82, 2.24) is 19.9 Å². The van der Waals surface area contributed by atoms with Gasteiger partial charge < -0.3 is 28.7 Å². The molecule has 2 aromatic heterocycles. The van der Waals surface area contributed by atoms with Gasteiger partial charge in [0.1, 0.15) is 45.5 Å². The first-order valence-corrected chi connectivity index (χ1v) is 20.8. The van der Waals surface area contributed by atoms with Crippen LogP contribution < -0.4 is 24.0 Å². The predicted octanol–water partition coefficient (Wildman–Crippen LogP) is 9.18. The number of piperazine rings is 1. The first-order valence-electron chi connectivity index (χ1n) is 20.1. The number of carbonyl (C=O) groups excluding carboxylic acids is 1. The number of pyridine rings is 1. The quantitative estimate of drug-likeness (QED) is 0.0801. The maximum Gasteiger partial charge on any atom is 0.550 e. The first-order chi connectivity index (χ1) is 29.8. The maximum absolute atomic E-state index is 17.7. The molecule has 5 aromatic rings. The average Bonchev–Trinajstić information content (AvgIpc) is 3.48. The Kier molecular flexibility index (Phi) is 11.3. The number of amides is 1. The number of fused-ring (bicyclic) bond motifs is 5. The summed E-state index contributed by atoms with van der Waals surface area (Å²) in [5, 5.41) is -0.644. The third-order valence-electron chi connectivity index (χ3n) is 11.6. The van der Waals surface area contributed by atoms with E-state index in [-0.39, 0.29) is 48.5 Å². The number of anilines is 2. The zero-order valence-corrected chi connectivity index (χ0v) is 36.1. The Morgan fingerprint density at radius 3 is 2.03 bits per heavy atom. The molecule has 3 aromatic carbocycles. The fraction of sp³-hybridized carbons (Fsp3) is 0.409. The summed E-state index contributed by atoms with van der Waals surface area (Å²) in [6.07, 6.45) is -5.78. The lowest BCUT2D eigenvalue weighted by Crippen LogP contribution is -2.65. The molecule has 0 N–H and O–H groups in total. The van der Waals surface area contributed by atoms with Gasteiger partial charge in [-0.25, -0.2) is 22.9 Å². The number of ether oxygens (including phenoxy) is 4. The van der Waals surface area contributed by atoms with Crippen molar-refractivity contribution in [3.05, 3.63) is 88.2 Å². The van der Waals surface area contributed by atoms with Gasteiger partial charge in [0.15, 0.2) is 23.3 Å². The highest BCUT2D eigenvalue weighted by molar-refractivity contribution is 7.65. The summed E-state index contributed by atoms with van der Waals surface area (Å²) in [6.45, 7) is 7.44. The van der Waals surface area contributed by atoms with Crippen molar-refractivity contribution >= 4 is 40.2 Å². The summed E-state index contributed by atoms with van der Waals surface area (Å²) in [4.78, 5) is 31.1. The zero-order chi connectivity index (χ0) is 45.3. The minimum absolute atomic E-state index is 0.0130. The van der Waals surface area contributed by atoms with E-state index in [4.69, 9.17) is 18.9 Å². The van der Waals surface area contributed by atoms with Gasteiger partial charge in [-0.1, -0.05) is 24.3 Å². The Morgan fingerprint density at radius 2 is 1.49 bits per heavy atom. The SMILES string of the molecule is COc1ccc(CN(Cc2ccc(OC)cc2)c2c(F)c(C)c(C(F)(F)F)c(-c3nc4c5c(nc([S+]=O)nc5c3F)N3C[C@H]5CC[C@@H]([C@H]3[C@H](C)O4)N5C(=O)OC(C)(C)C)c2F)cc1. The van der Waals surface area contributed by atoms with Gasteiger partial charge in [0.05, 0.1) is 43.5 Å². The van der Waals surface area contributed by atoms with Crippen molar-refractivity contribution in [2.75, 3.05) is 30.6 Å². The van der Waals surface area contributed by atoms with Crippen molar-refractivity contribution in [2.24, 2.45) is 0 Å². The molecule has 63 heavy (non-hydrogen) atoms. The van der Waals surface area contributed by atoms with Gasteiger partial charge in [0.2, 0.25) is 5.88 Å². The van der Waals surface area contributed by atoms with E-state index < -0.39 is 98.1 Å². The van der Waals surface area contributed by atoms with Crippen molar-refractivity contribution in [2.45, 2.75) is 102 Å². The highest BCUT2D eigenvalue weighted by atomic mass is 32.1. The number of hydrogen-bond donors (Lipinski definition) is 0. The third kappa shape index (κ3) is 7.88. The van der Waals surface area contributed by atoms with Crippen molar-refractivity contribution < 1.29 is 54.3 Å². The highest BCUT2D eigenvalue weighted by Crippen LogP contribution is 2.50. The highest BCUT2D eigenvalue weighted by Gasteiger charge is 2.54. The minimum atomic E-state index is -5.43. The van der Waals surface area contributed by atoms with Crippen molar-refractivity contribution in [3.63, 3.8) is 0 Å². The summed E-state index contributed by atoms with van der Waals surface area (Å²) in [5.41, 5.74) is -6.68. The van der Waals surface area contributed by atoms with E-state index in [2.05, 4.69) is 15.0 Å². The van der Waals surface area contributed by atoms with Crippen LogP contribution in [0.2, 0.25) is 0 Å². The molecule has 2 bridgehead atoms. The molecule has 3 aliphatic rings. The Labute approximate surface area is 362 Å². The van der Waals surface area contributed by atoms with E-state index in [0.29, 0.717) is 35.5 Å². The molecule has 0 aliphatic carbocycles. The second-order valence-electron chi connectivity index (χ2n) is 16.8. The molecule has 19 heteroatoms. The topological polar surface area (TPSA) is 119 Å². The monoisotopic (exact) mass is 897 g/mol. The van der Waals surface area contributed by atoms with Crippen LogP contribution in [0.15, 0.2) is 53.7 Å². The number of alkyl halides is 3. The lowest BCUT2D eigenvalue weighted by molar-refractivity contribution is -0.137. The Bertz CT molecular complexity index is 2560. The largest absolute Gasteiger partial charge is 0.550 e. The van der Waals surface area contributed by atoms with Crippen LogP contribution in [-0.2, 0) is 39.9 Å². The maximum atomic E-state index is 17.7. The van der Waals surface area contributed by atoms with Gasteiger partial charge in [-0.3, -0.25) is 4.90 Å². The van der Waals surface area contributed by atoms with Crippen LogP contribution in [-0.4, -0.2) is 76.5 Å². The number of methoxy groups -OCH3 is 2. The number of carbonyl (C=O) groups is 1. The molecule has 2 fully saturated rings. The van der Waals surface area contributed by atoms with Gasteiger partial charge in [-0.05, 0) is 88.4 Å². The van der Waals surface area contributed by atoms with E-state index in [0.717, 1.165) is 6.92 Å². The molecule has 3 aliphatic heterocycles. The Balaban J connectivity index is 1.33. The average molecular weight is 898 g/mol. The summed E-state index contributed by atoms with van der Waals surface area (Å²) in [6, 6.07) is 11.4. The number of hydrogen-bond acceptors (Lipinski definition) is 11. The molecule has 0 radical (unpaired) electrons. The third-order valence-corrected chi connectivity index (χ3v) is 12.0. The van der Waals surface area contributed by atoms with Crippen LogP contribution in [0, 0.1) is 24.4 Å². The molecular formula is C44H43F6N6O6S+. The standard InChI is InChI=1S/C44H43F6N6O6S/c1-21-31(44(48,49)50)29(33(46)38(32(21)45)54(18-23-8-13-26(59-6)14-9-23)19-24-10-15-27(60-7)16-11-24)35-34(47)36-30-39(53-41(52-36)63-58)55-20-25-12-17-28(37(55)22(2)61-40(30)51-35)56(25)42(57)62-43(3,4)5/h8-11,13-16,22,25,28,37H,12,17-20H2,1-7H3/q+1/t22-,25+,28-,37+/m0/s1. The first kappa shape index (κ1) is 43.7. The van der Waals surface area contributed by atoms with Crippen molar-refractivity contribution in [1.29, 1.82) is 0 Å². The number of benzene rings is 3. The van der Waals surface area contributed by atoms with E-state index in [1.165, 1.54) is 19.1 Å². The van der Waals surface area contributed by atoms with E-state index in [1.807, 2.05) is 0 Å². The molecule has 2 saturated heterocycles. The van der Waals surface area contributed by atoms with E-state index >= 15 is 26.3 Å². The fourth-order valence-electron chi connectivity index (χ4n) is 8.99. The van der Waals surface area contributed by atoms with Gasteiger partial charge >= 0.3 is 29.1 Å².